The van der Waals surface area contributed by atoms with Gasteiger partial charge in [-0.15, -0.1) is 0 Å². The van der Waals surface area contributed by atoms with E-state index in [4.69, 9.17) is 18.7 Å². The van der Waals surface area contributed by atoms with Gasteiger partial charge in [-0.3, -0.25) is 9.59 Å². The average Bonchev–Trinajstić information content (AvgIpc) is 3.14. The molecule has 31 heavy (non-hydrogen) atoms. The summed E-state index contributed by atoms with van der Waals surface area (Å²) >= 11 is 0. The van der Waals surface area contributed by atoms with Crippen LogP contribution < -0.4 is 19.5 Å². The maximum atomic E-state index is 12.8. The molecule has 0 radical (unpaired) electrons. The van der Waals surface area contributed by atoms with Crippen LogP contribution in [0.25, 0.3) is 0 Å². The van der Waals surface area contributed by atoms with E-state index >= 15 is 0 Å². The fourth-order valence-electron chi connectivity index (χ4n) is 2.71. The molecule has 0 spiro atoms. The Bertz CT molecular complexity index is 1060. The van der Waals surface area contributed by atoms with Gasteiger partial charge >= 0.3 is 5.97 Å². The Hall–Kier alpha value is -3.12. The van der Waals surface area contributed by atoms with Crippen molar-refractivity contribution in [2.45, 2.75) is 31.7 Å². The lowest BCUT2D eigenvalue weighted by Crippen LogP contribution is -2.45. The maximum absolute atomic E-state index is 12.8. The van der Waals surface area contributed by atoms with Gasteiger partial charge in [0.2, 0.25) is 10.0 Å². The number of benzene rings is 1. The van der Waals surface area contributed by atoms with E-state index in [1.807, 2.05) is 0 Å². The number of nitrogens with zero attached hydrogens (tertiary/aromatic N) is 1. The van der Waals surface area contributed by atoms with Crippen molar-refractivity contribution in [3.8, 4) is 11.5 Å². The zero-order chi connectivity index (χ0) is 22.6. The molecule has 3 rings (SSSR count). The molecule has 2 N–H and O–H groups in total. The second-order valence-electron chi connectivity index (χ2n) is 7.13. The van der Waals surface area contributed by atoms with Gasteiger partial charge in [-0.25, -0.2) is 8.42 Å². The van der Waals surface area contributed by atoms with Crippen molar-refractivity contribution in [3.05, 3.63) is 30.0 Å². The number of sulfonamides is 1. The van der Waals surface area contributed by atoms with Crippen LogP contribution in [0.15, 0.2) is 33.7 Å². The number of rotatable bonds is 8. The van der Waals surface area contributed by atoms with Crippen molar-refractivity contribution < 1.29 is 36.7 Å². The molecular weight excluding hydrogens is 430 g/mol. The van der Waals surface area contributed by atoms with Crippen LogP contribution >= 0.6 is 0 Å². The maximum Gasteiger partial charge on any atom is 0.324 e. The van der Waals surface area contributed by atoms with Crippen LogP contribution in [0.2, 0.25) is 0 Å². The molecule has 0 aliphatic carbocycles. The molecule has 2 aromatic rings. The quantitative estimate of drug-likeness (QED) is 0.564. The number of hydrogen-bond acceptors (Lipinski definition) is 9. The Morgan fingerprint density at radius 3 is 2.52 bits per heavy atom. The summed E-state index contributed by atoms with van der Waals surface area (Å²) in [5.41, 5.74) is 0. The Morgan fingerprint density at radius 1 is 1.16 bits per heavy atom. The van der Waals surface area contributed by atoms with Crippen molar-refractivity contribution in [1.29, 1.82) is 0 Å². The summed E-state index contributed by atoms with van der Waals surface area (Å²) in [4.78, 5) is 24.3. The smallest absolute Gasteiger partial charge is 0.324 e. The van der Waals surface area contributed by atoms with E-state index in [2.05, 4.69) is 15.2 Å². The van der Waals surface area contributed by atoms with E-state index < -0.39 is 40.5 Å². The van der Waals surface area contributed by atoms with Crippen molar-refractivity contribution in [2.24, 2.45) is 5.92 Å². The van der Waals surface area contributed by atoms with Crippen molar-refractivity contribution >= 4 is 27.7 Å². The third-order valence-electron chi connectivity index (χ3n) is 4.27. The van der Waals surface area contributed by atoms with E-state index in [0.717, 1.165) is 0 Å². The molecule has 1 aromatic carbocycles. The predicted molar refractivity (Wildman–Crippen MR) is 107 cm³/mol. The normalized spacial score (nSPS) is 14.2. The monoisotopic (exact) mass is 453 g/mol. The zero-order valence-corrected chi connectivity index (χ0v) is 18.0. The van der Waals surface area contributed by atoms with E-state index in [-0.39, 0.29) is 10.7 Å². The van der Waals surface area contributed by atoms with Crippen LogP contribution in [-0.4, -0.2) is 51.3 Å². The van der Waals surface area contributed by atoms with Gasteiger partial charge in [-0.1, -0.05) is 19.0 Å². The highest BCUT2D eigenvalue weighted by atomic mass is 32.2. The molecule has 11 nitrogen and oxygen atoms in total. The summed E-state index contributed by atoms with van der Waals surface area (Å²) in [6, 6.07) is 4.46. The molecule has 1 aromatic heterocycles. The highest BCUT2D eigenvalue weighted by Gasteiger charge is 2.31. The first-order valence-electron chi connectivity index (χ1n) is 9.47. The minimum absolute atomic E-state index is 0.0886. The van der Waals surface area contributed by atoms with Crippen LogP contribution in [0.4, 0.5) is 5.82 Å². The van der Waals surface area contributed by atoms with E-state index in [9.17, 15) is 18.0 Å². The summed E-state index contributed by atoms with van der Waals surface area (Å²) < 4.78 is 48.6. The summed E-state index contributed by atoms with van der Waals surface area (Å²) in [5.74, 6) is -0.544. The molecule has 168 valence electrons. The molecule has 1 atom stereocenters. The van der Waals surface area contributed by atoms with Crippen LogP contribution in [0.1, 0.15) is 19.6 Å². The molecule has 0 saturated carbocycles. The summed E-state index contributed by atoms with van der Waals surface area (Å²) in [6.07, 6.45) is 0. The fraction of sp³-hybridized carbons (Fsp3) is 0.421. The lowest BCUT2D eigenvalue weighted by Gasteiger charge is -2.22. The number of aromatic nitrogens is 1. The number of fused-ring (bicyclic) bond motifs is 1. The molecule has 1 unspecified atom stereocenters. The first kappa shape index (κ1) is 22.6. The van der Waals surface area contributed by atoms with Gasteiger partial charge in [0.1, 0.15) is 25.0 Å². The Kier molecular flexibility index (Phi) is 6.81. The number of hydrogen-bond donors (Lipinski definition) is 2. The van der Waals surface area contributed by atoms with E-state index in [0.29, 0.717) is 30.5 Å². The van der Waals surface area contributed by atoms with Gasteiger partial charge in [0.05, 0.1) is 4.90 Å². The predicted octanol–water partition coefficient (Wildman–Crippen LogP) is 1.24. The number of esters is 1. The summed E-state index contributed by atoms with van der Waals surface area (Å²) in [6.45, 7) is 5.03. The third-order valence-corrected chi connectivity index (χ3v) is 5.71. The van der Waals surface area contributed by atoms with Gasteiger partial charge in [0.15, 0.2) is 23.9 Å². The minimum Gasteiger partial charge on any atom is -0.486 e. The van der Waals surface area contributed by atoms with Crippen LogP contribution in [0.5, 0.6) is 11.5 Å². The van der Waals surface area contributed by atoms with Crippen molar-refractivity contribution in [2.75, 3.05) is 25.1 Å². The lowest BCUT2D eigenvalue weighted by atomic mass is 10.1. The van der Waals surface area contributed by atoms with Gasteiger partial charge in [-0.05, 0) is 25.0 Å². The van der Waals surface area contributed by atoms with Gasteiger partial charge < -0.3 is 24.1 Å². The number of carbonyl (C=O) groups excluding carboxylic acids is 2. The average molecular weight is 453 g/mol. The number of amides is 1. The topological polar surface area (TPSA) is 146 Å². The largest absolute Gasteiger partial charge is 0.486 e. The Labute approximate surface area is 179 Å². The molecule has 2 heterocycles. The van der Waals surface area contributed by atoms with E-state index in [1.165, 1.54) is 24.3 Å². The lowest BCUT2D eigenvalue weighted by molar-refractivity contribution is -0.150. The highest BCUT2D eigenvalue weighted by molar-refractivity contribution is 7.89. The van der Waals surface area contributed by atoms with E-state index in [1.54, 1.807) is 20.8 Å². The molecule has 0 fully saturated rings. The molecule has 1 aliphatic heterocycles. The summed E-state index contributed by atoms with van der Waals surface area (Å²) in [7, 11) is -4.08. The minimum atomic E-state index is -4.08. The van der Waals surface area contributed by atoms with Crippen LogP contribution in [0, 0.1) is 12.8 Å². The van der Waals surface area contributed by atoms with Crippen LogP contribution in [0.3, 0.4) is 0 Å². The second-order valence-corrected chi connectivity index (χ2v) is 8.84. The van der Waals surface area contributed by atoms with Crippen molar-refractivity contribution in [1.82, 2.24) is 9.88 Å². The number of carbonyl (C=O) groups is 2. The third kappa shape index (κ3) is 5.73. The molecular formula is C19H23N3O8S. The number of nitrogens with one attached hydrogen (secondary N) is 2. The van der Waals surface area contributed by atoms with Gasteiger partial charge in [-0.2, -0.15) is 4.72 Å². The Balaban J connectivity index is 1.64. The highest BCUT2D eigenvalue weighted by Crippen LogP contribution is 2.32. The van der Waals surface area contributed by atoms with Crippen LogP contribution in [-0.2, 0) is 24.3 Å². The standard InChI is InChI=1S/C19H23N3O8S/c1-11(2)18(19(24)29-10-17(23)20-16-8-12(3)30-21-16)22-31(25,26)13-4-5-14-15(9-13)28-7-6-27-14/h4-5,8-9,11,18,22H,6-7,10H2,1-3H3,(H,20,21,23). The molecule has 1 amide bonds. The molecule has 0 bridgehead atoms. The Morgan fingerprint density at radius 2 is 1.87 bits per heavy atom. The second kappa shape index (κ2) is 9.35. The molecule has 1 aliphatic rings. The number of aryl methyl sites for hydroxylation is 1. The molecule has 12 heteroatoms. The number of anilines is 1. The van der Waals surface area contributed by atoms with Gasteiger partial charge in [0.25, 0.3) is 5.91 Å². The first-order valence-corrected chi connectivity index (χ1v) is 11.0. The fourth-order valence-corrected chi connectivity index (χ4v) is 4.06. The van der Waals surface area contributed by atoms with Gasteiger partial charge in [0, 0.05) is 12.1 Å². The number of ether oxygens (including phenoxy) is 3. The molecule has 0 saturated heterocycles. The SMILES string of the molecule is Cc1cc(NC(=O)COC(=O)C(NS(=O)(=O)c2ccc3c(c2)OCCO3)C(C)C)no1. The zero-order valence-electron chi connectivity index (χ0n) is 17.2. The first-order chi connectivity index (χ1) is 14.7. The summed E-state index contributed by atoms with van der Waals surface area (Å²) in [5, 5.41) is 6.00. The van der Waals surface area contributed by atoms with Crippen molar-refractivity contribution in [3.63, 3.8) is 0 Å².